The van der Waals surface area contributed by atoms with Crippen LogP contribution in [0.15, 0.2) is 36.4 Å². The van der Waals surface area contributed by atoms with Gasteiger partial charge < -0.3 is 16.6 Å². The van der Waals surface area contributed by atoms with E-state index in [1.54, 1.807) is 0 Å². The molecule has 0 aliphatic heterocycles. The van der Waals surface area contributed by atoms with Gasteiger partial charge in [0.15, 0.2) is 0 Å². The third-order valence-corrected chi connectivity index (χ3v) is 3.74. The minimum atomic E-state index is -5.86. The Hall–Kier alpha value is -2.65. The van der Waals surface area contributed by atoms with Crippen molar-refractivity contribution in [2.75, 3.05) is 11.5 Å². The van der Waals surface area contributed by atoms with Crippen LogP contribution in [0.3, 0.4) is 0 Å². The van der Waals surface area contributed by atoms with Crippen LogP contribution in [0.2, 0.25) is 0 Å². The van der Waals surface area contributed by atoms with E-state index in [2.05, 4.69) is 0 Å². The zero-order valence-corrected chi connectivity index (χ0v) is 12.2. The van der Waals surface area contributed by atoms with Gasteiger partial charge in [-0.3, -0.25) is 0 Å². The number of anilines is 2. The Kier molecular flexibility index (Phi) is 4.27. The van der Waals surface area contributed by atoms with E-state index in [1.807, 2.05) is 0 Å². The number of hydrogen-bond acceptors (Lipinski definition) is 3. The summed E-state index contributed by atoms with van der Waals surface area (Å²) < 4.78 is 95.8. The molecule has 5 N–H and O–H groups in total. The van der Waals surface area contributed by atoms with Crippen LogP contribution in [0.4, 0.5) is 42.1 Å². The number of nitrogens with two attached hydrogens (primary N) is 2. The molecule has 25 heavy (non-hydrogen) atoms. The van der Waals surface area contributed by atoms with E-state index >= 15 is 0 Å². The highest BCUT2D eigenvalue weighted by atomic mass is 19.4. The van der Waals surface area contributed by atoms with Crippen molar-refractivity contribution in [2.45, 2.75) is 17.8 Å². The normalized spacial score (nSPS) is 13.1. The van der Waals surface area contributed by atoms with Gasteiger partial charge in [0.25, 0.3) is 0 Å². The summed E-state index contributed by atoms with van der Waals surface area (Å²) in [5, 5.41) is 9.31. The van der Waals surface area contributed by atoms with Crippen molar-refractivity contribution in [1.82, 2.24) is 0 Å². The van der Waals surface area contributed by atoms with Gasteiger partial charge in [-0.25, -0.2) is 4.39 Å². The van der Waals surface area contributed by atoms with Crippen molar-refractivity contribution in [3.63, 3.8) is 0 Å². The van der Waals surface area contributed by atoms with Crippen LogP contribution in [-0.2, 0) is 5.41 Å². The van der Waals surface area contributed by atoms with Crippen molar-refractivity contribution in [1.29, 1.82) is 0 Å². The second kappa shape index (κ2) is 5.71. The maximum atomic E-state index is 13.7. The Balaban J connectivity index is 2.96. The monoisotopic (exact) mass is 368 g/mol. The molecule has 0 fully saturated rings. The summed E-state index contributed by atoms with van der Waals surface area (Å²) in [4.78, 5) is 0. The lowest BCUT2D eigenvalue weighted by Crippen LogP contribution is -2.54. The van der Waals surface area contributed by atoms with Crippen molar-refractivity contribution >= 4 is 11.4 Å². The Labute approximate surface area is 136 Å². The fourth-order valence-corrected chi connectivity index (χ4v) is 2.55. The molecule has 0 atom stereocenters. The molecule has 0 saturated heterocycles. The maximum Gasteiger partial charge on any atom is 0.411 e. The number of rotatable bonds is 2. The fraction of sp³-hybridized carbons (Fsp3) is 0.200. The Morgan fingerprint density at radius 1 is 0.720 bits per heavy atom. The summed E-state index contributed by atoms with van der Waals surface area (Å²) in [7, 11) is 0. The summed E-state index contributed by atoms with van der Waals surface area (Å²) >= 11 is 0. The zero-order valence-electron chi connectivity index (χ0n) is 12.2. The van der Waals surface area contributed by atoms with E-state index in [4.69, 9.17) is 11.5 Å². The largest absolute Gasteiger partial charge is 0.506 e. The molecular formula is C15H11F7N2O. The lowest BCUT2D eigenvalue weighted by molar-refractivity contribution is -0.288. The number of alkyl halides is 6. The van der Waals surface area contributed by atoms with Crippen LogP contribution in [-0.4, -0.2) is 17.5 Å². The predicted molar refractivity (Wildman–Crippen MR) is 76.2 cm³/mol. The highest BCUT2D eigenvalue weighted by Gasteiger charge is 2.72. The van der Waals surface area contributed by atoms with Crippen molar-refractivity contribution < 1.29 is 35.8 Å². The summed E-state index contributed by atoms with van der Waals surface area (Å²) in [5.41, 5.74) is 1.76. The number of halogens is 7. The number of phenolic OH excluding ortho intramolecular Hbond substituents is 1. The number of benzene rings is 2. The summed E-state index contributed by atoms with van der Waals surface area (Å²) in [5.74, 6) is -1.84. The lowest BCUT2D eigenvalue weighted by atomic mass is 9.72. The van der Waals surface area contributed by atoms with Crippen LogP contribution < -0.4 is 11.5 Å². The molecule has 0 bridgehead atoms. The molecule has 0 aliphatic carbocycles. The standard InChI is InChI=1S/C15H11F7N2O/c16-9-3-1-7(5-10(9)23)13(14(17,18)19,15(20,21)22)8-2-4-12(25)11(24)6-8/h1-6,25H,23-24H2. The first-order valence-electron chi connectivity index (χ1n) is 6.60. The molecule has 3 nitrogen and oxygen atoms in total. The molecule has 10 heteroatoms. The first-order valence-corrected chi connectivity index (χ1v) is 6.60. The van der Waals surface area contributed by atoms with Crippen LogP contribution in [0, 0.1) is 5.82 Å². The molecular weight excluding hydrogens is 357 g/mol. The van der Waals surface area contributed by atoms with Crippen molar-refractivity contribution in [3.05, 3.63) is 53.3 Å². The van der Waals surface area contributed by atoms with Crippen LogP contribution >= 0.6 is 0 Å². The van der Waals surface area contributed by atoms with E-state index in [0.29, 0.717) is 30.3 Å². The highest BCUT2D eigenvalue weighted by Crippen LogP contribution is 2.56. The number of aromatic hydroxyl groups is 1. The molecule has 2 aromatic rings. The van der Waals surface area contributed by atoms with Crippen molar-refractivity contribution in [2.24, 2.45) is 0 Å². The maximum absolute atomic E-state index is 13.7. The SMILES string of the molecule is Nc1cc(C(c2ccc(F)c(N)c2)(C(F)(F)F)C(F)(F)F)ccc1O. The quantitative estimate of drug-likeness (QED) is 0.424. The van der Waals surface area contributed by atoms with E-state index in [0.717, 1.165) is 0 Å². The van der Waals surface area contributed by atoms with E-state index in [1.165, 1.54) is 0 Å². The highest BCUT2D eigenvalue weighted by molar-refractivity contribution is 5.59. The average Bonchev–Trinajstić information content (AvgIpc) is 2.44. The lowest BCUT2D eigenvalue weighted by Gasteiger charge is -2.38. The first-order chi connectivity index (χ1) is 11.3. The van der Waals surface area contributed by atoms with Gasteiger partial charge in [-0.2, -0.15) is 26.3 Å². The fourth-order valence-electron chi connectivity index (χ4n) is 2.55. The summed E-state index contributed by atoms with van der Waals surface area (Å²) in [6.07, 6.45) is -11.7. The van der Waals surface area contributed by atoms with Gasteiger partial charge in [0, 0.05) is 0 Å². The molecule has 0 saturated carbocycles. The van der Waals surface area contributed by atoms with E-state index < -0.39 is 51.8 Å². The topological polar surface area (TPSA) is 72.3 Å². The molecule has 136 valence electrons. The number of hydrogen-bond donors (Lipinski definition) is 3. The molecule has 0 aromatic heterocycles. The van der Waals surface area contributed by atoms with Gasteiger partial charge in [-0.15, -0.1) is 0 Å². The van der Waals surface area contributed by atoms with Gasteiger partial charge in [0.2, 0.25) is 5.41 Å². The molecule has 0 heterocycles. The van der Waals surface area contributed by atoms with Crippen LogP contribution in [0.1, 0.15) is 11.1 Å². The Morgan fingerprint density at radius 2 is 1.16 bits per heavy atom. The first kappa shape index (κ1) is 18.7. The molecule has 0 unspecified atom stereocenters. The third kappa shape index (κ3) is 2.81. The van der Waals surface area contributed by atoms with Crippen LogP contribution in [0.25, 0.3) is 0 Å². The summed E-state index contributed by atoms with van der Waals surface area (Å²) in [6, 6.07) is 2.49. The number of phenols is 1. The van der Waals surface area contributed by atoms with Crippen molar-refractivity contribution in [3.8, 4) is 5.75 Å². The molecule has 0 amide bonds. The molecule has 0 radical (unpaired) electrons. The molecule has 0 aliphatic rings. The van der Waals surface area contributed by atoms with E-state index in [-0.39, 0.29) is 6.07 Å². The predicted octanol–water partition coefficient (Wildman–Crippen LogP) is 4.11. The Morgan fingerprint density at radius 3 is 1.56 bits per heavy atom. The van der Waals surface area contributed by atoms with Gasteiger partial charge in [-0.05, 0) is 35.4 Å². The third-order valence-electron chi connectivity index (χ3n) is 3.74. The molecule has 2 rings (SSSR count). The zero-order chi connectivity index (χ0) is 19.2. The second-order valence-corrected chi connectivity index (χ2v) is 5.26. The van der Waals surface area contributed by atoms with Gasteiger partial charge in [0.1, 0.15) is 11.6 Å². The van der Waals surface area contributed by atoms with E-state index in [9.17, 15) is 35.8 Å². The minimum absolute atomic E-state index is 0.277. The molecule has 2 aromatic carbocycles. The second-order valence-electron chi connectivity index (χ2n) is 5.26. The smallest absolute Gasteiger partial charge is 0.411 e. The Bertz CT molecular complexity index is 732. The molecule has 0 spiro atoms. The summed E-state index contributed by atoms with van der Waals surface area (Å²) in [6.45, 7) is 0. The average molecular weight is 368 g/mol. The van der Waals surface area contributed by atoms with Crippen LogP contribution in [0.5, 0.6) is 5.75 Å². The van der Waals surface area contributed by atoms with Gasteiger partial charge in [-0.1, -0.05) is 12.1 Å². The minimum Gasteiger partial charge on any atom is -0.506 e. The van der Waals surface area contributed by atoms with Gasteiger partial charge in [0.05, 0.1) is 11.4 Å². The van der Waals surface area contributed by atoms with Gasteiger partial charge >= 0.3 is 12.4 Å². The number of nitrogen functional groups attached to an aromatic ring is 2.